The fraction of sp³-hybridized carbons (Fsp3) is 0.545. The molecule has 1 aliphatic carbocycles. The maximum atomic E-state index is 4.21. The van der Waals surface area contributed by atoms with E-state index in [4.69, 9.17) is 0 Å². The second-order valence-electron chi connectivity index (χ2n) is 4.50. The number of likely N-dealkylation sites (N-methyl/N-ethyl adjacent to an activating group) is 1. The van der Waals surface area contributed by atoms with Gasteiger partial charge in [0.05, 0.1) is 0 Å². The van der Waals surface area contributed by atoms with Crippen LogP contribution in [0.25, 0.3) is 0 Å². The number of nitrogens with zero attached hydrogens (tertiary/aromatic N) is 2. The zero-order chi connectivity index (χ0) is 8.89. The molecular weight excluding hydrogens is 160 g/mol. The minimum atomic E-state index is 0.489. The fourth-order valence-corrected chi connectivity index (χ4v) is 2.84. The summed E-state index contributed by atoms with van der Waals surface area (Å²) in [5.41, 5.74) is 1.94. The minimum Gasteiger partial charge on any atom is -0.305 e. The molecule has 1 saturated carbocycles. The van der Waals surface area contributed by atoms with Gasteiger partial charge in [-0.15, -0.1) is 0 Å². The molecule has 2 atom stereocenters. The molecule has 0 radical (unpaired) electrons. The normalized spacial score (nSPS) is 37.5. The van der Waals surface area contributed by atoms with E-state index >= 15 is 0 Å². The Labute approximate surface area is 78.6 Å². The van der Waals surface area contributed by atoms with Crippen molar-refractivity contribution >= 4 is 0 Å². The van der Waals surface area contributed by atoms with Crippen LogP contribution in [0.5, 0.6) is 0 Å². The van der Waals surface area contributed by atoms with Crippen LogP contribution >= 0.6 is 0 Å². The topological polar surface area (TPSA) is 16.1 Å². The Morgan fingerprint density at radius 2 is 2.54 bits per heavy atom. The predicted molar refractivity (Wildman–Crippen MR) is 51.5 cm³/mol. The molecule has 0 spiro atoms. The number of hydrogen-bond acceptors (Lipinski definition) is 2. The van der Waals surface area contributed by atoms with E-state index in [1.807, 2.05) is 12.4 Å². The van der Waals surface area contributed by atoms with Crippen molar-refractivity contribution in [2.45, 2.75) is 11.8 Å². The second kappa shape index (κ2) is 2.32. The van der Waals surface area contributed by atoms with E-state index in [-0.39, 0.29) is 0 Å². The van der Waals surface area contributed by atoms with Gasteiger partial charge in [0, 0.05) is 30.9 Å². The summed E-state index contributed by atoms with van der Waals surface area (Å²) in [7, 11) is 2.21. The van der Waals surface area contributed by atoms with Crippen LogP contribution in [0.1, 0.15) is 12.0 Å². The molecule has 0 amide bonds. The van der Waals surface area contributed by atoms with E-state index in [1.54, 1.807) is 0 Å². The van der Waals surface area contributed by atoms with Gasteiger partial charge < -0.3 is 4.90 Å². The highest BCUT2D eigenvalue weighted by atomic mass is 15.2. The third kappa shape index (κ3) is 0.953. The zero-order valence-corrected chi connectivity index (χ0v) is 7.90. The Balaban J connectivity index is 1.95. The highest BCUT2D eigenvalue weighted by molar-refractivity contribution is 5.34. The van der Waals surface area contributed by atoms with E-state index in [2.05, 4.69) is 29.1 Å². The van der Waals surface area contributed by atoms with E-state index in [0.29, 0.717) is 5.41 Å². The van der Waals surface area contributed by atoms with Crippen LogP contribution in [0.4, 0.5) is 0 Å². The smallest absolute Gasteiger partial charge is 0.0306 e. The van der Waals surface area contributed by atoms with E-state index in [9.17, 15) is 0 Å². The summed E-state index contributed by atoms with van der Waals surface area (Å²) in [5, 5.41) is 0. The Kier molecular flexibility index (Phi) is 1.34. The van der Waals surface area contributed by atoms with Gasteiger partial charge in [0.2, 0.25) is 0 Å². The van der Waals surface area contributed by atoms with Crippen LogP contribution in [0.15, 0.2) is 24.5 Å². The average molecular weight is 174 g/mol. The molecule has 0 aromatic carbocycles. The van der Waals surface area contributed by atoms with Gasteiger partial charge in [0.25, 0.3) is 0 Å². The first-order valence-corrected chi connectivity index (χ1v) is 4.90. The van der Waals surface area contributed by atoms with Gasteiger partial charge in [-0.3, -0.25) is 4.98 Å². The fourth-order valence-electron chi connectivity index (χ4n) is 2.84. The van der Waals surface area contributed by atoms with Gasteiger partial charge in [0.1, 0.15) is 0 Å². The summed E-state index contributed by atoms with van der Waals surface area (Å²) in [5.74, 6) is 0.904. The molecule has 2 nitrogen and oxygen atoms in total. The van der Waals surface area contributed by atoms with Crippen LogP contribution in [-0.4, -0.2) is 30.0 Å². The standard InChI is InChI=1S/C11H14N2/c1-13-7-10-5-11(10,8-13)9-3-2-4-12-6-9/h2-4,6,10H,5,7-8H2,1H3. The third-order valence-corrected chi connectivity index (χ3v) is 3.55. The van der Waals surface area contributed by atoms with Crippen LogP contribution in [0.2, 0.25) is 0 Å². The molecule has 1 aliphatic heterocycles. The molecule has 2 unspecified atom stereocenters. The first kappa shape index (κ1) is 7.51. The van der Waals surface area contributed by atoms with E-state index < -0.39 is 0 Å². The van der Waals surface area contributed by atoms with Crippen LogP contribution < -0.4 is 0 Å². The zero-order valence-electron chi connectivity index (χ0n) is 7.90. The summed E-state index contributed by atoms with van der Waals surface area (Å²) < 4.78 is 0. The molecule has 3 rings (SSSR count). The van der Waals surface area contributed by atoms with Crippen LogP contribution in [0.3, 0.4) is 0 Å². The van der Waals surface area contributed by atoms with Crippen molar-refractivity contribution in [1.82, 2.24) is 9.88 Å². The summed E-state index contributed by atoms with van der Waals surface area (Å²) >= 11 is 0. The maximum absolute atomic E-state index is 4.21. The molecule has 0 bridgehead atoms. The minimum absolute atomic E-state index is 0.489. The first-order valence-electron chi connectivity index (χ1n) is 4.90. The van der Waals surface area contributed by atoms with Gasteiger partial charge in [-0.05, 0) is 31.0 Å². The summed E-state index contributed by atoms with van der Waals surface area (Å²) in [6.07, 6.45) is 5.28. The number of rotatable bonds is 1. The molecule has 68 valence electrons. The lowest BCUT2D eigenvalue weighted by Gasteiger charge is -2.15. The van der Waals surface area contributed by atoms with Crippen molar-refractivity contribution in [3.8, 4) is 0 Å². The lowest BCUT2D eigenvalue weighted by atomic mass is 9.97. The highest BCUT2D eigenvalue weighted by Gasteiger charge is 2.59. The van der Waals surface area contributed by atoms with Crippen molar-refractivity contribution in [2.24, 2.45) is 5.92 Å². The molecule has 2 fully saturated rings. The van der Waals surface area contributed by atoms with Crippen molar-refractivity contribution in [1.29, 1.82) is 0 Å². The van der Waals surface area contributed by atoms with Crippen molar-refractivity contribution in [3.05, 3.63) is 30.1 Å². The number of aromatic nitrogens is 1. The molecule has 0 N–H and O–H groups in total. The molecule has 13 heavy (non-hydrogen) atoms. The summed E-state index contributed by atoms with van der Waals surface area (Å²) in [4.78, 5) is 6.64. The molecule has 2 heteroatoms. The van der Waals surface area contributed by atoms with E-state index in [0.717, 1.165) is 5.92 Å². The molecule has 2 heterocycles. The molecule has 2 aliphatic rings. The SMILES string of the molecule is CN1CC2CC2(c2cccnc2)C1. The summed E-state index contributed by atoms with van der Waals surface area (Å²) in [6.45, 7) is 2.50. The Hall–Kier alpha value is -0.890. The number of likely N-dealkylation sites (tertiary alicyclic amines) is 1. The lowest BCUT2D eigenvalue weighted by Crippen LogP contribution is -2.22. The van der Waals surface area contributed by atoms with Gasteiger partial charge in [-0.25, -0.2) is 0 Å². The van der Waals surface area contributed by atoms with Crippen molar-refractivity contribution < 1.29 is 0 Å². The largest absolute Gasteiger partial charge is 0.305 e. The third-order valence-electron chi connectivity index (χ3n) is 3.55. The Bertz CT molecular complexity index is 322. The lowest BCUT2D eigenvalue weighted by molar-refractivity contribution is 0.363. The number of hydrogen-bond donors (Lipinski definition) is 0. The van der Waals surface area contributed by atoms with Crippen molar-refractivity contribution in [3.63, 3.8) is 0 Å². The number of piperidine rings is 1. The van der Waals surface area contributed by atoms with Gasteiger partial charge in [-0.2, -0.15) is 0 Å². The van der Waals surface area contributed by atoms with Crippen LogP contribution in [-0.2, 0) is 5.41 Å². The monoisotopic (exact) mass is 174 g/mol. The first-order chi connectivity index (χ1) is 6.31. The number of fused-ring (bicyclic) bond motifs is 1. The second-order valence-corrected chi connectivity index (χ2v) is 4.50. The van der Waals surface area contributed by atoms with Crippen molar-refractivity contribution in [2.75, 3.05) is 20.1 Å². The Morgan fingerprint density at radius 1 is 1.62 bits per heavy atom. The van der Waals surface area contributed by atoms with E-state index in [1.165, 1.54) is 25.1 Å². The maximum Gasteiger partial charge on any atom is 0.0306 e. The molecule has 1 aromatic rings. The highest BCUT2D eigenvalue weighted by Crippen LogP contribution is 2.58. The molecule has 1 aromatic heterocycles. The quantitative estimate of drug-likeness (QED) is 0.637. The van der Waals surface area contributed by atoms with Crippen LogP contribution in [0, 0.1) is 5.92 Å². The average Bonchev–Trinajstić information content (AvgIpc) is 2.72. The van der Waals surface area contributed by atoms with Gasteiger partial charge >= 0.3 is 0 Å². The summed E-state index contributed by atoms with van der Waals surface area (Å²) in [6, 6.07) is 4.28. The molecular formula is C11H14N2. The van der Waals surface area contributed by atoms with Gasteiger partial charge in [-0.1, -0.05) is 6.07 Å². The number of pyridine rings is 1. The Morgan fingerprint density at radius 3 is 3.15 bits per heavy atom. The molecule has 1 saturated heterocycles. The van der Waals surface area contributed by atoms with Gasteiger partial charge in [0.15, 0.2) is 0 Å². The predicted octanol–water partition coefficient (Wildman–Crippen LogP) is 1.28.